The molecule has 6 heteroatoms. The van der Waals surface area contributed by atoms with Gasteiger partial charge in [-0.1, -0.05) is 6.04 Å². The van der Waals surface area contributed by atoms with Crippen molar-refractivity contribution in [1.29, 1.82) is 0 Å². The zero-order valence-electron chi connectivity index (χ0n) is 18.6. The maximum Gasteiger partial charge on any atom is 0.264 e. The van der Waals surface area contributed by atoms with Crippen molar-refractivity contribution in [3.05, 3.63) is 34.4 Å². The normalized spacial score (nSPS) is 34.8. The van der Waals surface area contributed by atoms with Gasteiger partial charge in [0.2, 0.25) is 0 Å². The van der Waals surface area contributed by atoms with Crippen molar-refractivity contribution in [3.8, 4) is 0 Å². The second-order valence-electron chi connectivity index (χ2n) is 4.44. The lowest BCUT2D eigenvalue weighted by Crippen LogP contribution is -2.36. The fourth-order valence-electron chi connectivity index (χ4n) is 2.13. The van der Waals surface area contributed by atoms with Crippen molar-refractivity contribution in [2.75, 3.05) is 5.73 Å². The van der Waals surface area contributed by atoms with E-state index in [0.29, 0.717) is 0 Å². The molecule has 0 amide bonds. The molecule has 0 radical (unpaired) electrons. The number of nitrogens with two attached hydrogens (primary N) is 1. The first-order chi connectivity index (χ1) is 13.1. The van der Waals surface area contributed by atoms with Gasteiger partial charge in [0.1, 0.15) is 11.6 Å². The topological polar surface area (TPSA) is 95.0 Å². The summed E-state index contributed by atoms with van der Waals surface area (Å²) in [7, 11) is 0. The quantitative estimate of drug-likeness (QED) is 0.628. The Bertz CT molecular complexity index is 1130. The molecule has 0 spiro atoms. The van der Waals surface area contributed by atoms with Crippen LogP contribution in [0.4, 0.5) is 5.69 Å². The van der Waals surface area contributed by atoms with E-state index in [1.165, 1.54) is 0 Å². The molecule has 1 saturated carbocycles. The van der Waals surface area contributed by atoms with E-state index in [1.54, 1.807) is 0 Å². The van der Waals surface area contributed by atoms with Crippen LogP contribution in [0.25, 0.3) is 10.9 Å². The van der Waals surface area contributed by atoms with E-state index in [0.717, 1.165) is 12.1 Å². The molecule has 2 atom stereocenters. The molecule has 1 fully saturated rings. The van der Waals surface area contributed by atoms with Crippen LogP contribution >= 0.6 is 0 Å². The first-order valence-corrected chi connectivity index (χ1v) is 5.96. The first-order valence-electron chi connectivity index (χ1n) is 10.0. The molecule has 21 heavy (non-hydrogen) atoms. The molecule has 2 aromatic rings. The fourth-order valence-corrected chi connectivity index (χ4v) is 2.13. The fraction of sp³-hybridized carbons (Fsp3) is 0.333. The average Bonchev–Trinajstić information content (AvgIpc) is 2.57. The number of fused-ring (bicyclic) bond motifs is 1. The Hall–Kier alpha value is -2.50. The number of carbonyl (C=O) groups excluding carboxylic acids is 2. The maximum absolute atomic E-state index is 13.2. The standard InChI is InChI=1S/C15H15N3O3/c1-8-17-11-4-2-3-10(16)14(11)15(21)18(8)12-6-5-9(19)7-13(12)20/h2-4,12H,5-7,16H2,1H3/i1D3,2D,5D2,6D,12D. The van der Waals surface area contributed by atoms with E-state index >= 15 is 0 Å². The summed E-state index contributed by atoms with van der Waals surface area (Å²) in [4.78, 5) is 41.5. The van der Waals surface area contributed by atoms with Gasteiger partial charge in [0, 0.05) is 20.3 Å². The zero-order chi connectivity index (χ0) is 22.1. The van der Waals surface area contributed by atoms with Crippen LogP contribution < -0.4 is 11.3 Å². The second-order valence-corrected chi connectivity index (χ2v) is 4.44. The zero-order valence-corrected chi connectivity index (χ0v) is 10.6. The number of carbonyl (C=O) groups is 2. The third kappa shape index (κ3) is 2.12. The summed E-state index contributed by atoms with van der Waals surface area (Å²) in [5.74, 6) is -3.58. The van der Waals surface area contributed by atoms with Crippen molar-refractivity contribution in [3.63, 3.8) is 0 Å². The molecule has 0 saturated heterocycles. The summed E-state index contributed by atoms with van der Waals surface area (Å²) in [6, 6.07) is -1.06. The Morgan fingerprint density at radius 1 is 1.52 bits per heavy atom. The maximum atomic E-state index is 13.2. The van der Waals surface area contributed by atoms with Crippen LogP contribution in [0, 0.1) is 6.85 Å². The highest BCUT2D eigenvalue weighted by atomic mass is 16.2. The number of hydrogen-bond donors (Lipinski definition) is 1. The minimum atomic E-state index is -3.14. The third-order valence-electron chi connectivity index (χ3n) is 3.08. The average molecular weight is 293 g/mol. The van der Waals surface area contributed by atoms with E-state index in [-0.39, 0.29) is 27.2 Å². The smallest absolute Gasteiger partial charge is 0.264 e. The molecule has 6 nitrogen and oxygen atoms in total. The van der Waals surface area contributed by atoms with Crippen molar-refractivity contribution in [2.45, 2.75) is 32.1 Å². The number of Topliss-reactive ketones (excluding diaryl/α,β-unsaturated/α-hetero) is 2. The van der Waals surface area contributed by atoms with E-state index in [2.05, 4.69) is 4.98 Å². The second kappa shape index (κ2) is 4.80. The Morgan fingerprint density at radius 2 is 2.33 bits per heavy atom. The van der Waals surface area contributed by atoms with E-state index in [9.17, 15) is 14.4 Å². The van der Waals surface area contributed by atoms with Gasteiger partial charge >= 0.3 is 0 Å². The SMILES string of the molecule is [2H]c1cc(N)c2c(=O)n(C3([2H])C(=O)CC(=O)C([2H])([2H])C3[2H])c(C([2H])([2H])[2H])nc2c1. The highest BCUT2D eigenvalue weighted by Crippen LogP contribution is 2.24. The number of benzene rings is 1. The lowest BCUT2D eigenvalue weighted by molar-refractivity contribution is -0.132. The van der Waals surface area contributed by atoms with E-state index in [1.807, 2.05) is 0 Å². The molecule has 0 aliphatic heterocycles. The highest BCUT2D eigenvalue weighted by molar-refractivity contribution is 6.03. The summed E-state index contributed by atoms with van der Waals surface area (Å²) in [5, 5.41) is -0.377. The van der Waals surface area contributed by atoms with E-state index < -0.39 is 55.0 Å². The van der Waals surface area contributed by atoms with Gasteiger partial charge in [0.25, 0.3) is 5.56 Å². The van der Waals surface area contributed by atoms with Gasteiger partial charge in [-0.05, 0) is 25.4 Å². The predicted molar refractivity (Wildman–Crippen MR) is 78.1 cm³/mol. The summed E-state index contributed by atoms with van der Waals surface area (Å²) in [5.41, 5.74) is 4.01. The number of ketones is 2. The Balaban J connectivity index is 2.51. The third-order valence-corrected chi connectivity index (χ3v) is 3.08. The van der Waals surface area contributed by atoms with Crippen LogP contribution in [0.2, 0.25) is 0 Å². The molecule has 1 aliphatic rings. The van der Waals surface area contributed by atoms with Crippen LogP contribution in [-0.4, -0.2) is 21.1 Å². The van der Waals surface area contributed by atoms with Crippen LogP contribution in [0.1, 0.15) is 42.0 Å². The monoisotopic (exact) mass is 293 g/mol. The Labute approximate surface area is 131 Å². The number of aryl methyl sites for hydroxylation is 1. The van der Waals surface area contributed by atoms with Crippen molar-refractivity contribution in [1.82, 2.24) is 9.55 Å². The number of aromatic nitrogens is 2. The lowest BCUT2D eigenvalue weighted by atomic mass is 9.92. The molecule has 0 bridgehead atoms. The minimum absolute atomic E-state index is 0.145. The van der Waals surface area contributed by atoms with Crippen LogP contribution in [0.5, 0.6) is 0 Å². The minimum Gasteiger partial charge on any atom is -0.398 e. The van der Waals surface area contributed by atoms with Gasteiger partial charge in [-0.2, -0.15) is 0 Å². The Kier molecular flexibility index (Phi) is 1.59. The van der Waals surface area contributed by atoms with Gasteiger partial charge in [0.05, 0.1) is 26.1 Å². The Morgan fingerprint density at radius 3 is 3.10 bits per heavy atom. The molecule has 2 N–H and O–H groups in total. The molecular weight excluding hydrogens is 270 g/mol. The van der Waals surface area contributed by atoms with Gasteiger partial charge in [-0.3, -0.25) is 19.0 Å². The lowest BCUT2D eigenvalue weighted by Gasteiger charge is -2.24. The summed E-state index contributed by atoms with van der Waals surface area (Å²) >= 11 is 0. The number of hydrogen-bond acceptors (Lipinski definition) is 5. The molecule has 1 heterocycles. The largest absolute Gasteiger partial charge is 0.398 e. The number of anilines is 1. The molecule has 1 aliphatic carbocycles. The molecular formula is C15H15N3O3. The molecule has 1 aromatic heterocycles. The summed E-state index contributed by atoms with van der Waals surface area (Å²) < 4.78 is 63.1. The molecule has 2 unspecified atom stereocenters. The first kappa shape index (κ1) is 6.98. The van der Waals surface area contributed by atoms with Gasteiger partial charge < -0.3 is 5.73 Å². The molecule has 108 valence electrons. The van der Waals surface area contributed by atoms with Crippen molar-refractivity contribution in [2.24, 2.45) is 0 Å². The number of nitrogen functional groups attached to an aromatic ring is 1. The van der Waals surface area contributed by atoms with Crippen LogP contribution in [0.3, 0.4) is 0 Å². The van der Waals surface area contributed by atoms with Crippen LogP contribution in [0.15, 0.2) is 23.0 Å². The summed E-state index contributed by atoms with van der Waals surface area (Å²) in [6.07, 6.45) is -6.50. The van der Waals surface area contributed by atoms with E-state index in [4.69, 9.17) is 16.7 Å². The predicted octanol–water partition coefficient (Wildman–Crippen LogP) is 1.15. The summed E-state index contributed by atoms with van der Waals surface area (Å²) in [6.45, 7) is -3.14. The van der Waals surface area contributed by atoms with Gasteiger partial charge in [0.15, 0.2) is 5.78 Å². The molecule has 3 rings (SSSR count). The number of nitrogens with zero attached hydrogens (tertiary/aromatic N) is 2. The number of rotatable bonds is 1. The van der Waals surface area contributed by atoms with Crippen molar-refractivity contribution < 1.29 is 20.6 Å². The highest BCUT2D eigenvalue weighted by Gasteiger charge is 2.30. The van der Waals surface area contributed by atoms with Gasteiger partial charge in [-0.25, -0.2) is 4.98 Å². The molecule has 1 aromatic carbocycles. The van der Waals surface area contributed by atoms with Gasteiger partial charge in [-0.15, -0.1) is 0 Å². The van der Waals surface area contributed by atoms with Crippen molar-refractivity contribution >= 4 is 28.2 Å². The van der Waals surface area contributed by atoms with Crippen LogP contribution in [-0.2, 0) is 9.59 Å².